The lowest BCUT2D eigenvalue weighted by Crippen LogP contribution is -2.54. The number of carbonyl (C=O) groups is 1. The quantitative estimate of drug-likeness (QED) is 0.583. The topological polar surface area (TPSA) is 51.2 Å². The zero-order chi connectivity index (χ0) is 19.8. The summed E-state index contributed by atoms with van der Waals surface area (Å²) in [6, 6.07) is 2.19. The first-order valence-corrected chi connectivity index (χ1v) is 11.7. The third-order valence-corrected chi connectivity index (χ3v) is 6.40. The van der Waals surface area contributed by atoms with E-state index in [0.29, 0.717) is 18.4 Å². The van der Waals surface area contributed by atoms with Crippen LogP contribution in [0.15, 0.2) is 21.8 Å². The van der Waals surface area contributed by atoms with E-state index in [-0.39, 0.29) is 0 Å². The van der Waals surface area contributed by atoms with Gasteiger partial charge in [-0.2, -0.15) is 11.3 Å². The fraction of sp³-hybridized carbons (Fsp3) is 0.714. The summed E-state index contributed by atoms with van der Waals surface area (Å²) < 4.78 is 0. The number of hydrogen-bond donors (Lipinski definition) is 1. The largest absolute Gasteiger partial charge is 0.357 e. The van der Waals surface area contributed by atoms with E-state index in [4.69, 9.17) is 4.99 Å². The van der Waals surface area contributed by atoms with Gasteiger partial charge in [0.05, 0.1) is 6.54 Å². The van der Waals surface area contributed by atoms with E-state index in [0.717, 1.165) is 71.2 Å². The summed E-state index contributed by atoms with van der Waals surface area (Å²) >= 11 is 1.74. The van der Waals surface area contributed by atoms with Crippen LogP contribution >= 0.6 is 11.3 Å². The van der Waals surface area contributed by atoms with Crippen LogP contribution < -0.4 is 5.32 Å². The molecule has 1 aromatic rings. The van der Waals surface area contributed by atoms with Crippen LogP contribution in [0.5, 0.6) is 0 Å². The smallest absolute Gasteiger partial charge is 0.236 e. The third kappa shape index (κ3) is 5.95. The van der Waals surface area contributed by atoms with E-state index < -0.39 is 0 Å². The SMILES string of the molecule is CCNC(=NCC(C)c1ccsc1)N1CCN(CC(=O)N2CCCCC2)CC1. The summed E-state index contributed by atoms with van der Waals surface area (Å²) in [6.45, 7) is 12.2. The summed E-state index contributed by atoms with van der Waals surface area (Å²) in [5.74, 6) is 1.74. The Morgan fingerprint density at radius 1 is 1.14 bits per heavy atom. The highest BCUT2D eigenvalue weighted by Gasteiger charge is 2.24. The van der Waals surface area contributed by atoms with Crippen molar-refractivity contribution in [3.63, 3.8) is 0 Å². The normalized spacial score (nSPS) is 20.3. The van der Waals surface area contributed by atoms with Crippen molar-refractivity contribution in [3.05, 3.63) is 22.4 Å². The van der Waals surface area contributed by atoms with Gasteiger partial charge in [-0.05, 0) is 48.6 Å². The number of piperazine rings is 1. The molecule has 1 N–H and O–H groups in total. The number of likely N-dealkylation sites (tertiary alicyclic amines) is 1. The monoisotopic (exact) mass is 405 g/mol. The van der Waals surface area contributed by atoms with Crippen LogP contribution in [0.4, 0.5) is 0 Å². The van der Waals surface area contributed by atoms with Crippen LogP contribution in [-0.4, -0.2) is 85.5 Å². The standard InChI is InChI=1S/C21H35N5OS/c1-3-22-21(23-15-18(2)19-7-14-28-17-19)26-12-10-24(11-13-26)16-20(27)25-8-5-4-6-9-25/h7,14,17-18H,3-6,8-13,15-16H2,1-2H3,(H,22,23). The highest BCUT2D eigenvalue weighted by molar-refractivity contribution is 7.07. The molecule has 0 aromatic carbocycles. The van der Waals surface area contributed by atoms with Gasteiger partial charge in [-0.3, -0.25) is 14.7 Å². The molecule has 1 aromatic heterocycles. The molecule has 0 aliphatic carbocycles. The molecule has 7 heteroatoms. The Morgan fingerprint density at radius 2 is 1.89 bits per heavy atom. The zero-order valence-electron chi connectivity index (χ0n) is 17.4. The number of aliphatic imine (C=N–C) groups is 1. The van der Waals surface area contributed by atoms with Crippen molar-refractivity contribution < 1.29 is 4.79 Å². The van der Waals surface area contributed by atoms with Gasteiger partial charge < -0.3 is 15.1 Å². The van der Waals surface area contributed by atoms with Crippen LogP contribution in [0.1, 0.15) is 44.6 Å². The van der Waals surface area contributed by atoms with E-state index >= 15 is 0 Å². The van der Waals surface area contributed by atoms with Crippen LogP contribution in [-0.2, 0) is 4.79 Å². The summed E-state index contributed by atoms with van der Waals surface area (Å²) in [4.78, 5) is 24.1. The number of hydrogen-bond acceptors (Lipinski definition) is 4. The molecule has 2 aliphatic heterocycles. The van der Waals surface area contributed by atoms with E-state index in [2.05, 4.69) is 45.8 Å². The Balaban J connectivity index is 1.48. The van der Waals surface area contributed by atoms with Crippen molar-refractivity contribution in [2.45, 2.75) is 39.0 Å². The fourth-order valence-corrected chi connectivity index (χ4v) is 4.64. The number of guanidine groups is 1. The first-order chi connectivity index (χ1) is 13.7. The average Bonchev–Trinajstić information content (AvgIpc) is 3.27. The Kier molecular flexibility index (Phi) is 8.15. The number of nitrogens with zero attached hydrogens (tertiary/aromatic N) is 4. The molecule has 28 heavy (non-hydrogen) atoms. The van der Waals surface area contributed by atoms with Gasteiger partial charge in [0, 0.05) is 58.3 Å². The predicted molar refractivity (Wildman–Crippen MR) is 117 cm³/mol. The highest BCUT2D eigenvalue weighted by Crippen LogP contribution is 2.18. The zero-order valence-corrected chi connectivity index (χ0v) is 18.2. The predicted octanol–water partition coefficient (Wildman–Crippen LogP) is 2.45. The maximum absolute atomic E-state index is 12.5. The molecule has 6 nitrogen and oxygen atoms in total. The Morgan fingerprint density at radius 3 is 2.54 bits per heavy atom. The number of nitrogens with one attached hydrogen (secondary N) is 1. The molecule has 1 unspecified atom stereocenters. The van der Waals surface area contributed by atoms with Gasteiger partial charge in [0.1, 0.15) is 0 Å². The molecule has 1 atom stereocenters. The molecule has 0 bridgehead atoms. The van der Waals surface area contributed by atoms with Gasteiger partial charge in [0.2, 0.25) is 5.91 Å². The average molecular weight is 406 g/mol. The number of thiophene rings is 1. The molecular formula is C21H35N5OS. The second-order valence-electron chi connectivity index (χ2n) is 7.86. The first-order valence-electron chi connectivity index (χ1n) is 10.7. The summed E-state index contributed by atoms with van der Waals surface area (Å²) in [7, 11) is 0. The first kappa shape index (κ1) is 21.1. The Bertz CT molecular complexity index is 619. The third-order valence-electron chi connectivity index (χ3n) is 5.70. The van der Waals surface area contributed by atoms with Crippen LogP contribution in [0.25, 0.3) is 0 Å². The molecular weight excluding hydrogens is 370 g/mol. The Labute approximate surface area is 173 Å². The Hall–Kier alpha value is -1.60. The van der Waals surface area contributed by atoms with Crippen molar-refractivity contribution >= 4 is 23.2 Å². The molecule has 2 aliphatic rings. The van der Waals surface area contributed by atoms with Gasteiger partial charge in [-0.1, -0.05) is 6.92 Å². The van der Waals surface area contributed by atoms with E-state index in [1.54, 1.807) is 11.3 Å². The molecule has 0 saturated carbocycles. The van der Waals surface area contributed by atoms with Crippen LogP contribution in [0.3, 0.4) is 0 Å². The van der Waals surface area contributed by atoms with Gasteiger partial charge in [0.25, 0.3) is 0 Å². The van der Waals surface area contributed by atoms with Gasteiger partial charge in [-0.15, -0.1) is 0 Å². The molecule has 3 rings (SSSR count). The molecule has 2 fully saturated rings. The molecule has 3 heterocycles. The maximum atomic E-state index is 12.5. The number of rotatable bonds is 6. The van der Waals surface area contributed by atoms with Gasteiger partial charge >= 0.3 is 0 Å². The number of carbonyl (C=O) groups excluding carboxylic acids is 1. The molecule has 1 amide bonds. The van der Waals surface area contributed by atoms with Crippen molar-refractivity contribution in [1.29, 1.82) is 0 Å². The van der Waals surface area contributed by atoms with Crippen LogP contribution in [0.2, 0.25) is 0 Å². The summed E-state index contributed by atoms with van der Waals surface area (Å²) in [5.41, 5.74) is 1.37. The van der Waals surface area contributed by atoms with Gasteiger partial charge in [0.15, 0.2) is 5.96 Å². The van der Waals surface area contributed by atoms with Crippen LogP contribution in [0, 0.1) is 0 Å². The fourth-order valence-electron chi connectivity index (χ4n) is 3.86. The second-order valence-corrected chi connectivity index (χ2v) is 8.64. The van der Waals surface area contributed by atoms with E-state index in [9.17, 15) is 4.79 Å². The van der Waals surface area contributed by atoms with Crippen molar-refractivity contribution in [2.75, 3.05) is 58.9 Å². The minimum absolute atomic E-state index is 0.304. The summed E-state index contributed by atoms with van der Waals surface area (Å²) in [6.07, 6.45) is 3.58. The number of piperidine rings is 1. The minimum Gasteiger partial charge on any atom is -0.357 e. The van der Waals surface area contributed by atoms with Gasteiger partial charge in [-0.25, -0.2) is 0 Å². The lowest BCUT2D eigenvalue weighted by Gasteiger charge is -2.37. The second kappa shape index (κ2) is 10.8. The molecule has 0 spiro atoms. The van der Waals surface area contributed by atoms with Crippen molar-refractivity contribution in [1.82, 2.24) is 20.0 Å². The molecule has 156 valence electrons. The lowest BCUT2D eigenvalue weighted by atomic mass is 10.1. The van der Waals surface area contributed by atoms with Crippen molar-refractivity contribution in [3.8, 4) is 0 Å². The van der Waals surface area contributed by atoms with E-state index in [1.165, 1.54) is 12.0 Å². The lowest BCUT2D eigenvalue weighted by molar-refractivity contribution is -0.133. The van der Waals surface area contributed by atoms with Crippen molar-refractivity contribution in [2.24, 2.45) is 4.99 Å². The molecule has 2 saturated heterocycles. The molecule has 0 radical (unpaired) electrons. The summed E-state index contributed by atoms with van der Waals surface area (Å²) in [5, 5.41) is 7.79. The maximum Gasteiger partial charge on any atom is 0.236 e. The number of amides is 1. The van der Waals surface area contributed by atoms with E-state index in [1.807, 2.05) is 4.90 Å². The minimum atomic E-state index is 0.304. The highest BCUT2D eigenvalue weighted by atomic mass is 32.1.